The van der Waals surface area contributed by atoms with Crippen LogP contribution < -0.4 is 5.32 Å². The van der Waals surface area contributed by atoms with Gasteiger partial charge in [-0.05, 0) is 32.9 Å². The second-order valence-electron chi connectivity index (χ2n) is 3.97. The largest absolute Gasteiger partial charge is 0.316 e. The summed E-state index contributed by atoms with van der Waals surface area (Å²) in [7, 11) is 2.06. The first-order chi connectivity index (χ1) is 6.26. The maximum atomic E-state index is 4.06. The van der Waals surface area contributed by atoms with Crippen molar-refractivity contribution in [2.45, 2.75) is 32.2 Å². The summed E-state index contributed by atoms with van der Waals surface area (Å²) >= 11 is 0. The van der Waals surface area contributed by atoms with Crippen molar-refractivity contribution in [2.75, 3.05) is 26.7 Å². The maximum absolute atomic E-state index is 4.06. The molecule has 1 atom stereocenters. The molecule has 0 amide bonds. The number of hydrogen-bond acceptors (Lipinski definition) is 2. The van der Waals surface area contributed by atoms with E-state index < -0.39 is 0 Å². The van der Waals surface area contributed by atoms with Crippen LogP contribution in [-0.2, 0) is 0 Å². The van der Waals surface area contributed by atoms with Gasteiger partial charge in [0.1, 0.15) is 0 Å². The summed E-state index contributed by atoms with van der Waals surface area (Å²) in [6.07, 6.45) is 3.76. The average Bonchev–Trinajstić information content (AvgIpc) is 2.18. The summed E-state index contributed by atoms with van der Waals surface area (Å²) in [5.74, 6) is 0. The van der Waals surface area contributed by atoms with Crippen LogP contribution in [-0.4, -0.2) is 37.6 Å². The van der Waals surface area contributed by atoms with Crippen LogP contribution in [0.15, 0.2) is 12.2 Å². The molecular weight excluding hydrogens is 160 g/mol. The van der Waals surface area contributed by atoms with Crippen molar-refractivity contribution in [2.24, 2.45) is 0 Å². The fourth-order valence-electron chi connectivity index (χ4n) is 1.86. The maximum Gasteiger partial charge on any atom is 0.0192 e. The Morgan fingerprint density at radius 2 is 2.38 bits per heavy atom. The molecule has 0 aromatic rings. The lowest BCUT2D eigenvalue weighted by atomic mass is 10.1. The van der Waals surface area contributed by atoms with Crippen molar-refractivity contribution in [3.63, 3.8) is 0 Å². The molecule has 1 unspecified atom stereocenters. The Kier molecular flexibility index (Phi) is 4.46. The number of hydrogen-bond donors (Lipinski definition) is 1. The molecule has 1 N–H and O–H groups in total. The van der Waals surface area contributed by atoms with Gasteiger partial charge in [-0.25, -0.2) is 0 Å². The third-order valence-electron chi connectivity index (χ3n) is 2.86. The zero-order chi connectivity index (χ0) is 9.68. The minimum Gasteiger partial charge on any atom is -0.316 e. The van der Waals surface area contributed by atoms with E-state index in [0.29, 0.717) is 6.04 Å². The smallest absolute Gasteiger partial charge is 0.0192 e. The Morgan fingerprint density at radius 1 is 1.62 bits per heavy atom. The first-order valence-electron chi connectivity index (χ1n) is 5.32. The highest BCUT2D eigenvalue weighted by molar-refractivity contribution is 4.97. The van der Waals surface area contributed by atoms with E-state index in [1.807, 2.05) is 0 Å². The van der Waals surface area contributed by atoms with E-state index in [4.69, 9.17) is 0 Å². The van der Waals surface area contributed by atoms with Crippen molar-refractivity contribution in [1.29, 1.82) is 0 Å². The summed E-state index contributed by atoms with van der Waals surface area (Å²) in [5.41, 5.74) is 1.36. The molecule has 0 saturated carbocycles. The molecule has 1 aliphatic heterocycles. The number of piperidine rings is 1. The summed E-state index contributed by atoms with van der Waals surface area (Å²) in [4.78, 5) is 2.51. The van der Waals surface area contributed by atoms with Gasteiger partial charge in [0, 0.05) is 19.1 Å². The minimum absolute atomic E-state index is 0.693. The van der Waals surface area contributed by atoms with Crippen LogP contribution in [0.5, 0.6) is 0 Å². The number of likely N-dealkylation sites (N-methyl/N-ethyl adjacent to an activating group) is 1. The molecule has 0 aromatic carbocycles. The molecule has 0 aliphatic carbocycles. The first-order valence-corrected chi connectivity index (χ1v) is 5.32. The molecule has 1 rings (SSSR count). The van der Waals surface area contributed by atoms with Gasteiger partial charge in [0.25, 0.3) is 0 Å². The topological polar surface area (TPSA) is 15.3 Å². The molecule has 76 valence electrons. The normalized spacial score (nSPS) is 24.6. The van der Waals surface area contributed by atoms with E-state index in [0.717, 1.165) is 13.0 Å². The zero-order valence-corrected chi connectivity index (χ0v) is 8.97. The predicted molar refractivity (Wildman–Crippen MR) is 58.0 cm³/mol. The Morgan fingerprint density at radius 3 is 3.00 bits per heavy atom. The van der Waals surface area contributed by atoms with Crippen molar-refractivity contribution in [3.8, 4) is 0 Å². The van der Waals surface area contributed by atoms with Gasteiger partial charge in [-0.2, -0.15) is 0 Å². The lowest BCUT2D eigenvalue weighted by Gasteiger charge is -2.32. The second kappa shape index (κ2) is 5.40. The average molecular weight is 182 g/mol. The third-order valence-corrected chi connectivity index (χ3v) is 2.86. The predicted octanol–water partition coefficient (Wildman–Crippen LogP) is 1.64. The molecule has 1 saturated heterocycles. The number of nitrogens with one attached hydrogen (secondary N) is 1. The van der Waals surface area contributed by atoms with Crippen molar-refractivity contribution >= 4 is 0 Å². The molecular formula is C11H22N2. The van der Waals surface area contributed by atoms with Crippen LogP contribution in [0.4, 0.5) is 0 Å². The van der Waals surface area contributed by atoms with E-state index in [2.05, 4.69) is 30.8 Å². The van der Waals surface area contributed by atoms with Gasteiger partial charge in [0.05, 0.1) is 0 Å². The molecule has 2 heteroatoms. The molecule has 13 heavy (non-hydrogen) atoms. The highest BCUT2D eigenvalue weighted by Crippen LogP contribution is 2.11. The van der Waals surface area contributed by atoms with Crippen molar-refractivity contribution < 1.29 is 0 Å². The van der Waals surface area contributed by atoms with E-state index in [1.165, 1.54) is 31.5 Å². The lowest BCUT2D eigenvalue weighted by molar-refractivity contribution is 0.208. The molecule has 1 aliphatic rings. The summed E-state index contributed by atoms with van der Waals surface area (Å²) in [5, 5.41) is 3.35. The van der Waals surface area contributed by atoms with Gasteiger partial charge < -0.3 is 5.32 Å². The molecule has 0 spiro atoms. The number of nitrogens with zero attached hydrogens (tertiary/aromatic N) is 1. The molecule has 2 nitrogen and oxygen atoms in total. The number of likely N-dealkylation sites (tertiary alicyclic amines) is 1. The fraction of sp³-hybridized carbons (Fsp3) is 0.818. The van der Waals surface area contributed by atoms with Crippen LogP contribution in [0.2, 0.25) is 0 Å². The van der Waals surface area contributed by atoms with E-state index in [-0.39, 0.29) is 0 Å². The lowest BCUT2D eigenvalue weighted by Crippen LogP contribution is -2.44. The van der Waals surface area contributed by atoms with Crippen molar-refractivity contribution in [1.82, 2.24) is 10.2 Å². The van der Waals surface area contributed by atoms with Gasteiger partial charge in [-0.1, -0.05) is 19.1 Å². The highest BCUT2D eigenvalue weighted by atomic mass is 15.2. The van der Waals surface area contributed by atoms with E-state index in [1.54, 1.807) is 0 Å². The van der Waals surface area contributed by atoms with Crippen LogP contribution in [0.1, 0.15) is 26.2 Å². The van der Waals surface area contributed by atoms with E-state index >= 15 is 0 Å². The molecule has 1 heterocycles. The summed E-state index contributed by atoms with van der Waals surface area (Å²) in [6, 6.07) is 0.693. The molecule has 0 aromatic heterocycles. The quantitative estimate of drug-likeness (QED) is 0.665. The van der Waals surface area contributed by atoms with Crippen LogP contribution in [0.25, 0.3) is 0 Å². The van der Waals surface area contributed by atoms with Gasteiger partial charge in [0.15, 0.2) is 0 Å². The second-order valence-corrected chi connectivity index (χ2v) is 3.97. The summed E-state index contributed by atoms with van der Waals surface area (Å²) < 4.78 is 0. The molecule has 0 bridgehead atoms. The molecule has 0 radical (unpaired) electrons. The Hall–Kier alpha value is -0.340. The van der Waals surface area contributed by atoms with Crippen molar-refractivity contribution in [3.05, 3.63) is 12.2 Å². The van der Waals surface area contributed by atoms with Gasteiger partial charge in [0.2, 0.25) is 0 Å². The highest BCUT2D eigenvalue weighted by Gasteiger charge is 2.17. The molecule has 1 fully saturated rings. The first kappa shape index (κ1) is 10.7. The van der Waals surface area contributed by atoms with Crippen LogP contribution in [0, 0.1) is 0 Å². The van der Waals surface area contributed by atoms with Crippen LogP contribution >= 0.6 is 0 Å². The van der Waals surface area contributed by atoms with Gasteiger partial charge >= 0.3 is 0 Å². The van der Waals surface area contributed by atoms with Crippen LogP contribution in [0.3, 0.4) is 0 Å². The Labute approximate surface area is 82.0 Å². The SMILES string of the molecule is C=C(CC)CN1CCCC(NC)C1. The van der Waals surface area contributed by atoms with E-state index in [9.17, 15) is 0 Å². The monoisotopic (exact) mass is 182 g/mol. The number of rotatable bonds is 4. The fourth-order valence-corrected chi connectivity index (χ4v) is 1.86. The van der Waals surface area contributed by atoms with Gasteiger partial charge in [-0.15, -0.1) is 0 Å². The van der Waals surface area contributed by atoms with Gasteiger partial charge in [-0.3, -0.25) is 4.90 Å². The third kappa shape index (κ3) is 3.49. The Balaban J connectivity index is 2.29. The Bertz CT molecular complexity index is 165. The minimum atomic E-state index is 0.693. The zero-order valence-electron chi connectivity index (χ0n) is 8.97. The standard InChI is InChI=1S/C11H22N2/c1-4-10(2)8-13-7-5-6-11(9-13)12-3/h11-12H,2,4-9H2,1,3H3. The summed E-state index contributed by atoms with van der Waals surface area (Å²) in [6.45, 7) is 9.77.